The zero-order valence-electron chi connectivity index (χ0n) is 19.6. The third-order valence-corrected chi connectivity index (χ3v) is 6.02. The van der Waals surface area contributed by atoms with Gasteiger partial charge in [-0.05, 0) is 37.6 Å². The normalized spacial score (nSPS) is 13.7. The molecule has 2 amide bonds. The highest BCUT2D eigenvalue weighted by atomic mass is 16.4. The first-order chi connectivity index (χ1) is 17.2. The van der Waals surface area contributed by atoms with Crippen molar-refractivity contribution in [3.8, 4) is 0 Å². The van der Waals surface area contributed by atoms with Gasteiger partial charge in [0.1, 0.15) is 18.1 Å². The summed E-state index contributed by atoms with van der Waals surface area (Å²) in [7, 11) is 0. The summed E-state index contributed by atoms with van der Waals surface area (Å²) in [6.45, 7) is 2.68. The van der Waals surface area contributed by atoms with Gasteiger partial charge in [0.05, 0.1) is 10.9 Å². The maximum Gasteiger partial charge on any atom is 0.329 e. The Morgan fingerprint density at radius 1 is 0.889 bits per heavy atom. The molecular formula is C25H25N5O6. The minimum atomic E-state index is -1.29. The van der Waals surface area contributed by atoms with E-state index in [0.717, 1.165) is 15.5 Å². The Bertz CT molecular complexity index is 1580. The smallest absolute Gasteiger partial charge is 0.329 e. The number of aliphatic carboxylic acids is 1. The highest BCUT2D eigenvalue weighted by molar-refractivity contribution is 5.92. The molecule has 0 aliphatic carbocycles. The molecule has 5 N–H and O–H groups in total. The SMILES string of the molecule is C[C@H](NC(=O)[C@H](C)NC(=O)[C@H](Cc1c[nH]c2ccccc12)n1c(=O)[nH]c2ccccc2c1=O)C(=O)O. The van der Waals surface area contributed by atoms with Crippen LogP contribution in [0.1, 0.15) is 25.5 Å². The Hall–Kier alpha value is -4.67. The van der Waals surface area contributed by atoms with Gasteiger partial charge in [-0.2, -0.15) is 0 Å². The number of fused-ring (bicyclic) bond motifs is 2. The molecule has 186 valence electrons. The molecule has 0 spiro atoms. The number of benzene rings is 2. The van der Waals surface area contributed by atoms with Gasteiger partial charge < -0.3 is 25.7 Å². The second-order valence-electron chi connectivity index (χ2n) is 8.53. The zero-order valence-corrected chi connectivity index (χ0v) is 19.6. The van der Waals surface area contributed by atoms with Gasteiger partial charge in [0.25, 0.3) is 5.56 Å². The van der Waals surface area contributed by atoms with Gasteiger partial charge in [-0.3, -0.25) is 19.2 Å². The molecule has 0 saturated carbocycles. The molecule has 0 aliphatic heterocycles. The lowest BCUT2D eigenvalue weighted by Gasteiger charge is -2.22. The van der Waals surface area contributed by atoms with Gasteiger partial charge in [0, 0.05) is 23.5 Å². The van der Waals surface area contributed by atoms with E-state index in [0.29, 0.717) is 11.1 Å². The van der Waals surface area contributed by atoms with E-state index in [2.05, 4.69) is 20.6 Å². The Morgan fingerprint density at radius 3 is 2.19 bits per heavy atom. The molecule has 4 aromatic rings. The fourth-order valence-electron chi connectivity index (χ4n) is 4.04. The van der Waals surface area contributed by atoms with E-state index >= 15 is 0 Å². The lowest BCUT2D eigenvalue weighted by molar-refractivity contribution is -0.141. The fraction of sp³-hybridized carbons (Fsp3) is 0.240. The van der Waals surface area contributed by atoms with Gasteiger partial charge in [-0.1, -0.05) is 30.3 Å². The topological polar surface area (TPSA) is 166 Å². The Labute approximate surface area is 204 Å². The number of nitrogens with one attached hydrogen (secondary N) is 4. The van der Waals surface area contributed by atoms with Crippen molar-refractivity contribution >= 4 is 39.6 Å². The molecule has 0 saturated heterocycles. The van der Waals surface area contributed by atoms with Crippen LogP contribution in [0.5, 0.6) is 0 Å². The van der Waals surface area contributed by atoms with Crippen molar-refractivity contribution in [2.75, 3.05) is 0 Å². The van der Waals surface area contributed by atoms with Crippen LogP contribution in [0.4, 0.5) is 0 Å². The van der Waals surface area contributed by atoms with Crippen molar-refractivity contribution in [1.29, 1.82) is 0 Å². The van der Waals surface area contributed by atoms with Crippen LogP contribution in [0.2, 0.25) is 0 Å². The van der Waals surface area contributed by atoms with Crippen LogP contribution in [0.15, 0.2) is 64.3 Å². The molecule has 0 fully saturated rings. The lowest BCUT2D eigenvalue weighted by atomic mass is 10.0. The molecule has 0 bridgehead atoms. The van der Waals surface area contributed by atoms with Crippen molar-refractivity contribution < 1.29 is 19.5 Å². The first-order valence-electron chi connectivity index (χ1n) is 11.3. The van der Waals surface area contributed by atoms with Crippen LogP contribution < -0.4 is 21.9 Å². The van der Waals surface area contributed by atoms with Crippen molar-refractivity contribution in [3.05, 3.63) is 81.1 Å². The van der Waals surface area contributed by atoms with Crippen molar-refractivity contribution in [3.63, 3.8) is 0 Å². The molecule has 0 unspecified atom stereocenters. The highest BCUT2D eigenvalue weighted by Crippen LogP contribution is 2.22. The third kappa shape index (κ3) is 4.76. The molecule has 0 aliphatic rings. The van der Waals surface area contributed by atoms with Crippen LogP contribution in [0.3, 0.4) is 0 Å². The largest absolute Gasteiger partial charge is 0.480 e. The second-order valence-corrected chi connectivity index (χ2v) is 8.53. The number of aromatic amines is 2. The third-order valence-electron chi connectivity index (χ3n) is 6.02. The van der Waals surface area contributed by atoms with Crippen LogP contribution in [-0.4, -0.2) is 49.5 Å². The number of hydrogen-bond acceptors (Lipinski definition) is 5. The van der Waals surface area contributed by atoms with E-state index in [-0.39, 0.29) is 11.8 Å². The highest BCUT2D eigenvalue weighted by Gasteiger charge is 2.29. The lowest BCUT2D eigenvalue weighted by Crippen LogP contribution is -2.52. The first kappa shape index (κ1) is 24.5. The minimum Gasteiger partial charge on any atom is -0.480 e. The summed E-state index contributed by atoms with van der Waals surface area (Å²) in [5.41, 5.74) is 0.440. The predicted octanol–water partition coefficient (Wildman–Crippen LogP) is 1.05. The van der Waals surface area contributed by atoms with Crippen molar-refractivity contribution in [1.82, 2.24) is 25.2 Å². The number of rotatable bonds is 8. The number of carbonyl (C=O) groups is 3. The minimum absolute atomic E-state index is 0.0168. The maximum absolute atomic E-state index is 13.5. The Balaban J connectivity index is 1.74. The summed E-state index contributed by atoms with van der Waals surface area (Å²) in [4.78, 5) is 69.0. The van der Waals surface area contributed by atoms with Gasteiger partial charge in [0.15, 0.2) is 0 Å². The molecule has 2 aromatic heterocycles. The van der Waals surface area contributed by atoms with Crippen molar-refractivity contribution in [2.24, 2.45) is 0 Å². The standard InChI is InChI=1S/C25H25N5O6/c1-13(21(31)28-14(2)24(34)35)27-22(32)20(11-15-12-26-18-9-5-3-7-16(15)18)30-23(33)17-8-4-6-10-19(17)29-25(30)36/h3-10,12-14,20,26H,11H2,1-2H3,(H,27,32)(H,28,31)(H,29,36)(H,34,35)/t13-,14-,20-/m0/s1. The second kappa shape index (κ2) is 9.90. The summed E-state index contributed by atoms with van der Waals surface area (Å²) < 4.78 is 0.851. The molecule has 11 heteroatoms. The van der Waals surface area contributed by atoms with Crippen LogP contribution in [-0.2, 0) is 20.8 Å². The molecule has 3 atom stereocenters. The molecule has 11 nitrogen and oxygen atoms in total. The number of hydrogen-bond donors (Lipinski definition) is 5. The number of nitrogens with zero attached hydrogens (tertiary/aromatic N) is 1. The van der Waals surface area contributed by atoms with Crippen LogP contribution >= 0.6 is 0 Å². The van der Waals surface area contributed by atoms with Gasteiger partial charge in [-0.25, -0.2) is 9.36 Å². The number of carboxylic acids is 1. The molecule has 0 radical (unpaired) electrons. The predicted molar refractivity (Wildman–Crippen MR) is 133 cm³/mol. The van der Waals surface area contributed by atoms with Crippen LogP contribution in [0.25, 0.3) is 21.8 Å². The summed E-state index contributed by atoms with van der Waals surface area (Å²) in [6, 6.07) is 10.3. The maximum atomic E-state index is 13.5. The number of carbonyl (C=O) groups excluding carboxylic acids is 2. The number of H-pyrrole nitrogens is 2. The van der Waals surface area contributed by atoms with Crippen molar-refractivity contribution in [2.45, 2.75) is 38.4 Å². The monoisotopic (exact) mass is 491 g/mol. The molecular weight excluding hydrogens is 466 g/mol. The van der Waals surface area contributed by atoms with Gasteiger partial charge in [0.2, 0.25) is 11.8 Å². The average Bonchev–Trinajstić information content (AvgIpc) is 3.26. The fourth-order valence-corrected chi connectivity index (χ4v) is 4.04. The van der Waals surface area contributed by atoms with E-state index in [9.17, 15) is 24.0 Å². The Kier molecular flexibility index (Phi) is 6.73. The number of aromatic nitrogens is 3. The summed E-state index contributed by atoms with van der Waals surface area (Å²) in [5.74, 6) is -2.69. The van der Waals surface area contributed by atoms with E-state index in [1.54, 1.807) is 30.5 Å². The van der Waals surface area contributed by atoms with Gasteiger partial charge >= 0.3 is 11.7 Å². The van der Waals surface area contributed by atoms with E-state index < -0.39 is 47.2 Å². The molecule has 2 aromatic carbocycles. The van der Waals surface area contributed by atoms with E-state index in [1.165, 1.54) is 13.8 Å². The summed E-state index contributed by atoms with van der Waals surface area (Å²) >= 11 is 0. The first-order valence-corrected chi connectivity index (χ1v) is 11.3. The quantitative estimate of drug-likeness (QED) is 0.247. The average molecular weight is 492 g/mol. The molecule has 36 heavy (non-hydrogen) atoms. The zero-order chi connectivity index (χ0) is 26.0. The number of carboxylic acid groups (broad SMARTS) is 1. The summed E-state index contributed by atoms with van der Waals surface area (Å²) in [5, 5.41) is 14.9. The Morgan fingerprint density at radius 2 is 1.50 bits per heavy atom. The summed E-state index contributed by atoms with van der Waals surface area (Å²) in [6.07, 6.45) is 1.69. The molecule has 2 heterocycles. The van der Waals surface area contributed by atoms with E-state index in [4.69, 9.17) is 5.11 Å². The molecule has 4 rings (SSSR count). The van der Waals surface area contributed by atoms with Crippen LogP contribution in [0, 0.1) is 0 Å². The number of amides is 2. The van der Waals surface area contributed by atoms with Gasteiger partial charge in [-0.15, -0.1) is 0 Å². The van der Waals surface area contributed by atoms with E-state index in [1.807, 2.05) is 24.3 Å². The number of para-hydroxylation sites is 2.